The Bertz CT molecular complexity index is 659. The van der Waals surface area contributed by atoms with Crippen molar-refractivity contribution in [1.29, 1.82) is 0 Å². The zero-order valence-corrected chi connectivity index (χ0v) is 17.9. The minimum Gasteiger partial charge on any atom is -0.355 e. The van der Waals surface area contributed by atoms with Gasteiger partial charge in [-0.2, -0.15) is 0 Å². The molecule has 0 aliphatic rings. The highest BCUT2D eigenvalue weighted by molar-refractivity contribution is 14.0. The molecule has 0 aliphatic heterocycles. The Morgan fingerprint density at radius 1 is 1.21 bits per heavy atom. The molecule has 2 rings (SSSR count). The third-order valence-corrected chi connectivity index (χ3v) is 5.74. The van der Waals surface area contributed by atoms with Crippen LogP contribution in [0.5, 0.6) is 0 Å². The number of nitrogens with zero attached hydrogens (tertiary/aromatic N) is 1. The molecule has 1 atom stereocenters. The Hall–Kier alpha value is -0.930. The molecule has 0 fully saturated rings. The molecule has 0 radical (unpaired) electrons. The third kappa shape index (κ3) is 7.31. The van der Waals surface area contributed by atoms with E-state index in [9.17, 15) is 4.21 Å². The molecule has 0 amide bonds. The quantitative estimate of drug-likeness (QED) is 0.366. The van der Waals surface area contributed by atoms with Crippen molar-refractivity contribution in [3.8, 4) is 0 Å². The molecule has 24 heavy (non-hydrogen) atoms. The lowest BCUT2D eigenvalue weighted by molar-refractivity contribution is 0.680. The smallest absolute Gasteiger partial charge is 0.191 e. The van der Waals surface area contributed by atoms with Gasteiger partial charge in [-0.25, -0.2) is 0 Å². The lowest BCUT2D eigenvalue weighted by Gasteiger charge is -2.11. The van der Waals surface area contributed by atoms with Crippen molar-refractivity contribution >= 4 is 52.1 Å². The van der Waals surface area contributed by atoms with Crippen LogP contribution in [0.4, 0.5) is 0 Å². The highest BCUT2D eigenvalue weighted by Crippen LogP contribution is 2.14. The standard InChI is InChI=1S/C17H23N3OS2.HI/c1-14-8-10-22-16(14)12-20-17(18-2)19-9-11-23(21)13-15-6-4-3-5-7-15;/h3-8,10H,9,11-13H2,1-2H3,(H2,18,19,20);1H. The maximum atomic E-state index is 12.1. The molecule has 1 unspecified atom stereocenters. The summed E-state index contributed by atoms with van der Waals surface area (Å²) in [6, 6.07) is 12.1. The summed E-state index contributed by atoms with van der Waals surface area (Å²) in [6.07, 6.45) is 0. The first kappa shape index (κ1) is 21.1. The molecule has 2 aromatic rings. The average Bonchev–Trinajstić information content (AvgIpc) is 2.97. The molecule has 1 heterocycles. The monoisotopic (exact) mass is 477 g/mol. The SMILES string of the molecule is CN=C(NCCS(=O)Cc1ccccc1)NCc1sccc1C.I. The zero-order chi connectivity index (χ0) is 16.5. The lowest BCUT2D eigenvalue weighted by Crippen LogP contribution is -2.38. The van der Waals surface area contributed by atoms with E-state index in [1.807, 2.05) is 30.3 Å². The van der Waals surface area contributed by atoms with Crippen molar-refractivity contribution in [2.75, 3.05) is 19.3 Å². The number of rotatable bonds is 7. The first-order chi connectivity index (χ1) is 11.2. The number of hydrogen-bond donors (Lipinski definition) is 2. The minimum atomic E-state index is -0.870. The van der Waals surface area contributed by atoms with Crippen molar-refractivity contribution in [2.24, 2.45) is 4.99 Å². The third-order valence-electron chi connectivity index (χ3n) is 3.40. The molecule has 0 bridgehead atoms. The fourth-order valence-corrected chi connectivity index (χ4v) is 3.97. The van der Waals surface area contributed by atoms with Crippen LogP contribution >= 0.6 is 35.3 Å². The Morgan fingerprint density at radius 3 is 2.58 bits per heavy atom. The summed E-state index contributed by atoms with van der Waals surface area (Å²) in [4.78, 5) is 5.50. The van der Waals surface area contributed by atoms with Gasteiger partial charge in [0.25, 0.3) is 0 Å². The second kappa shape index (κ2) is 11.6. The van der Waals surface area contributed by atoms with Gasteiger partial charge in [-0.15, -0.1) is 35.3 Å². The van der Waals surface area contributed by atoms with Gasteiger partial charge in [-0.3, -0.25) is 9.20 Å². The van der Waals surface area contributed by atoms with Crippen LogP contribution in [0.2, 0.25) is 0 Å². The molecule has 0 saturated carbocycles. The van der Waals surface area contributed by atoms with E-state index in [0.717, 1.165) is 18.1 Å². The van der Waals surface area contributed by atoms with Gasteiger partial charge in [0.2, 0.25) is 0 Å². The van der Waals surface area contributed by atoms with Crippen molar-refractivity contribution in [1.82, 2.24) is 10.6 Å². The van der Waals surface area contributed by atoms with E-state index in [4.69, 9.17) is 0 Å². The van der Waals surface area contributed by atoms with Gasteiger partial charge in [0, 0.05) is 40.8 Å². The number of benzene rings is 1. The Balaban J connectivity index is 0.00000288. The summed E-state index contributed by atoms with van der Waals surface area (Å²) in [6.45, 7) is 3.51. The molecular formula is C17H24IN3OS2. The van der Waals surface area contributed by atoms with Gasteiger partial charge in [0.1, 0.15) is 0 Å². The van der Waals surface area contributed by atoms with Gasteiger partial charge in [0.15, 0.2) is 5.96 Å². The van der Waals surface area contributed by atoms with Gasteiger partial charge in [-0.05, 0) is 29.5 Å². The van der Waals surface area contributed by atoms with E-state index in [0.29, 0.717) is 18.1 Å². The summed E-state index contributed by atoms with van der Waals surface area (Å²) in [5.74, 6) is 1.95. The Labute approximate surface area is 167 Å². The first-order valence-electron chi connectivity index (χ1n) is 7.55. The number of aliphatic imine (C=N–C) groups is 1. The van der Waals surface area contributed by atoms with Crippen LogP contribution in [0.15, 0.2) is 46.8 Å². The predicted octanol–water partition coefficient (Wildman–Crippen LogP) is 3.29. The molecule has 0 aliphatic carbocycles. The van der Waals surface area contributed by atoms with Crippen molar-refractivity contribution < 1.29 is 4.21 Å². The van der Waals surface area contributed by atoms with Crippen LogP contribution in [-0.4, -0.2) is 29.5 Å². The summed E-state index contributed by atoms with van der Waals surface area (Å²) in [5, 5.41) is 8.60. The van der Waals surface area contributed by atoms with Crippen LogP contribution in [-0.2, 0) is 23.1 Å². The number of thiophene rings is 1. The van der Waals surface area contributed by atoms with E-state index in [1.54, 1.807) is 18.4 Å². The molecule has 1 aromatic heterocycles. The average molecular weight is 477 g/mol. The number of hydrogen-bond acceptors (Lipinski definition) is 3. The van der Waals surface area contributed by atoms with Crippen LogP contribution < -0.4 is 10.6 Å². The van der Waals surface area contributed by atoms with Crippen LogP contribution in [0.1, 0.15) is 16.0 Å². The molecule has 7 heteroatoms. The topological polar surface area (TPSA) is 53.5 Å². The fraction of sp³-hybridized carbons (Fsp3) is 0.353. The fourth-order valence-electron chi connectivity index (χ4n) is 2.09. The van der Waals surface area contributed by atoms with Crippen molar-refractivity contribution in [3.63, 3.8) is 0 Å². The number of halogens is 1. The lowest BCUT2D eigenvalue weighted by atomic mass is 10.2. The number of aryl methyl sites for hydroxylation is 1. The second-order valence-corrected chi connectivity index (χ2v) is 7.73. The van der Waals surface area contributed by atoms with Gasteiger partial charge in [0.05, 0.1) is 6.54 Å². The van der Waals surface area contributed by atoms with E-state index < -0.39 is 10.8 Å². The van der Waals surface area contributed by atoms with Gasteiger partial charge in [-0.1, -0.05) is 30.3 Å². The Kier molecular flexibility index (Phi) is 10.2. The largest absolute Gasteiger partial charge is 0.355 e. The number of guanidine groups is 1. The van der Waals surface area contributed by atoms with Crippen molar-refractivity contribution in [2.45, 2.75) is 19.2 Å². The normalized spacial score (nSPS) is 12.3. The van der Waals surface area contributed by atoms with Crippen LogP contribution in [0, 0.1) is 6.92 Å². The van der Waals surface area contributed by atoms with E-state index in [2.05, 4.69) is 34.0 Å². The highest BCUT2D eigenvalue weighted by atomic mass is 127. The molecule has 132 valence electrons. The predicted molar refractivity (Wildman–Crippen MR) is 116 cm³/mol. The summed E-state index contributed by atoms with van der Waals surface area (Å²) in [7, 11) is 0.878. The summed E-state index contributed by atoms with van der Waals surface area (Å²) in [5.41, 5.74) is 2.41. The minimum absolute atomic E-state index is 0. The van der Waals surface area contributed by atoms with Crippen molar-refractivity contribution in [3.05, 3.63) is 57.8 Å². The summed E-state index contributed by atoms with van der Waals surface area (Å²) < 4.78 is 12.1. The highest BCUT2D eigenvalue weighted by Gasteiger charge is 2.04. The second-order valence-electron chi connectivity index (χ2n) is 5.15. The first-order valence-corrected chi connectivity index (χ1v) is 9.92. The van der Waals surface area contributed by atoms with Crippen LogP contribution in [0.25, 0.3) is 0 Å². The molecule has 4 nitrogen and oxygen atoms in total. The molecule has 2 N–H and O–H groups in total. The van der Waals surface area contributed by atoms with E-state index in [1.165, 1.54) is 10.4 Å². The van der Waals surface area contributed by atoms with Gasteiger partial charge < -0.3 is 10.6 Å². The van der Waals surface area contributed by atoms with E-state index in [-0.39, 0.29) is 24.0 Å². The molecular weight excluding hydrogens is 453 g/mol. The molecule has 1 aromatic carbocycles. The Morgan fingerprint density at radius 2 is 1.96 bits per heavy atom. The maximum Gasteiger partial charge on any atom is 0.191 e. The van der Waals surface area contributed by atoms with Crippen LogP contribution in [0.3, 0.4) is 0 Å². The molecule has 0 saturated heterocycles. The number of nitrogens with one attached hydrogen (secondary N) is 2. The van der Waals surface area contributed by atoms with Gasteiger partial charge >= 0.3 is 0 Å². The maximum absolute atomic E-state index is 12.1. The molecule has 0 spiro atoms. The van der Waals surface area contributed by atoms with E-state index >= 15 is 0 Å². The summed E-state index contributed by atoms with van der Waals surface area (Å²) >= 11 is 1.74. The zero-order valence-electron chi connectivity index (χ0n) is 14.0.